The van der Waals surface area contributed by atoms with Crippen LogP contribution in [0.15, 0.2) is 59.0 Å². The van der Waals surface area contributed by atoms with Crippen molar-refractivity contribution in [2.75, 3.05) is 27.7 Å². The van der Waals surface area contributed by atoms with Gasteiger partial charge in [0.15, 0.2) is 5.76 Å². The summed E-state index contributed by atoms with van der Waals surface area (Å²) in [5, 5.41) is 3.88. The van der Waals surface area contributed by atoms with Crippen LogP contribution in [0.2, 0.25) is 0 Å². The number of methoxy groups -OCH3 is 1. The first-order chi connectivity index (χ1) is 12.1. The fourth-order valence-electron chi connectivity index (χ4n) is 2.88. The maximum atomic E-state index is 12.5. The number of hydrogen-bond acceptors (Lipinski definition) is 4. The standard InChI is InChI=1S/C20H22N2O3/c1-22(2)16(15-9-5-7-11-18(15)24-3)13-21-20(23)19-12-14-8-4-6-10-17(14)25-19/h4-12,16H,13H2,1-3H3,(H,21,23). The second-order valence-corrected chi connectivity index (χ2v) is 6.08. The molecule has 1 N–H and O–H groups in total. The van der Waals surface area contributed by atoms with Gasteiger partial charge in [0.2, 0.25) is 0 Å². The van der Waals surface area contributed by atoms with Crippen LogP contribution < -0.4 is 10.1 Å². The molecule has 0 saturated heterocycles. The molecule has 0 fully saturated rings. The fraction of sp³-hybridized carbons (Fsp3) is 0.250. The van der Waals surface area contributed by atoms with E-state index in [4.69, 9.17) is 9.15 Å². The van der Waals surface area contributed by atoms with Crippen molar-refractivity contribution in [3.05, 3.63) is 65.9 Å². The Morgan fingerprint density at radius 2 is 1.88 bits per heavy atom. The highest BCUT2D eigenvalue weighted by Crippen LogP contribution is 2.27. The van der Waals surface area contributed by atoms with Crippen LogP contribution in [0, 0.1) is 0 Å². The number of furan rings is 1. The first-order valence-electron chi connectivity index (χ1n) is 8.16. The Hall–Kier alpha value is -2.79. The van der Waals surface area contributed by atoms with E-state index in [1.807, 2.05) is 62.6 Å². The average molecular weight is 338 g/mol. The Morgan fingerprint density at radius 3 is 2.60 bits per heavy atom. The van der Waals surface area contributed by atoms with E-state index in [9.17, 15) is 4.79 Å². The van der Waals surface area contributed by atoms with E-state index in [0.29, 0.717) is 17.9 Å². The number of carbonyl (C=O) groups excluding carboxylic acids is 1. The first kappa shape index (κ1) is 17.0. The molecule has 0 saturated carbocycles. The van der Waals surface area contributed by atoms with Crippen LogP contribution in [0.3, 0.4) is 0 Å². The molecule has 1 unspecified atom stereocenters. The zero-order valence-electron chi connectivity index (χ0n) is 14.7. The van der Waals surface area contributed by atoms with Gasteiger partial charge >= 0.3 is 0 Å². The van der Waals surface area contributed by atoms with Gasteiger partial charge in [-0.1, -0.05) is 36.4 Å². The van der Waals surface area contributed by atoms with Crippen molar-refractivity contribution >= 4 is 16.9 Å². The summed E-state index contributed by atoms with van der Waals surface area (Å²) in [7, 11) is 5.60. The third-order valence-electron chi connectivity index (χ3n) is 4.23. The van der Waals surface area contributed by atoms with E-state index in [2.05, 4.69) is 10.2 Å². The lowest BCUT2D eigenvalue weighted by atomic mass is 10.0. The second kappa shape index (κ2) is 7.40. The molecule has 0 radical (unpaired) electrons. The number of amides is 1. The number of nitrogens with zero attached hydrogens (tertiary/aromatic N) is 1. The second-order valence-electron chi connectivity index (χ2n) is 6.08. The number of nitrogens with one attached hydrogen (secondary N) is 1. The number of carbonyl (C=O) groups is 1. The normalized spacial score (nSPS) is 12.3. The highest BCUT2D eigenvalue weighted by atomic mass is 16.5. The maximum absolute atomic E-state index is 12.5. The summed E-state index contributed by atoms with van der Waals surface area (Å²) < 4.78 is 11.1. The third-order valence-corrected chi connectivity index (χ3v) is 4.23. The Morgan fingerprint density at radius 1 is 1.16 bits per heavy atom. The van der Waals surface area contributed by atoms with Gasteiger partial charge in [-0.05, 0) is 32.3 Å². The van der Waals surface area contributed by atoms with Gasteiger partial charge in [0.25, 0.3) is 5.91 Å². The van der Waals surface area contributed by atoms with Crippen LogP contribution in [0.5, 0.6) is 5.75 Å². The van der Waals surface area contributed by atoms with Gasteiger partial charge in [0, 0.05) is 17.5 Å². The van der Waals surface area contributed by atoms with Gasteiger partial charge < -0.3 is 19.4 Å². The molecular formula is C20H22N2O3. The minimum absolute atomic E-state index is 0.00974. The number of para-hydroxylation sites is 2. The lowest BCUT2D eigenvalue weighted by Crippen LogP contribution is -2.34. The van der Waals surface area contributed by atoms with E-state index in [0.717, 1.165) is 16.7 Å². The summed E-state index contributed by atoms with van der Waals surface area (Å²) in [4.78, 5) is 14.5. The van der Waals surface area contributed by atoms with Crippen molar-refractivity contribution in [1.82, 2.24) is 10.2 Å². The molecule has 1 atom stereocenters. The van der Waals surface area contributed by atoms with Crippen molar-refractivity contribution in [3.8, 4) is 5.75 Å². The first-order valence-corrected chi connectivity index (χ1v) is 8.16. The van der Waals surface area contributed by atoms with E-state index < -0.39 is 0 Å². The Kier molecular flexibility index (Phi) is 5.05. The number of benzene rings is 2. The van der Waals surface area contributed by atoms with Crippen molar-refractivity contribution in [2.24, 2.45) is 0 Å². The van der Waals surface area contributed by atoms with Crippen LogP contribution in [-0.4, -0.2) is 38.6 Å². The zero-order chi connectivity index (χ0) is 17.8. The Labute approximate surface area is 147 Å². The molecule has 130 valence electrons. The number of ether oxygens (including phenoxy) is 1. The summed E-state index contributed by atoms with van der Waals surface area (Å²) >= 11 is 0. The van der Waals surface area contributed by atoms with Gasteiger partial charge in [-0.25, -0.2) is 0 Å². The topological polar surface area (TPSA) is 54.7 Å². The molecule has 0 spiro atoms. The van der Waals surface area contributed by atoms with Crippen molar-refractivity contribution in [1.29, 1.82) is 0 Å². The molecule has 0 aliphatic heterocycles. The molecule has 3 rings (SSSR count). The zero-order valence-corrected chi connectivity index (χ0v) is 14.7. The molecular weight excluding hydrogens is 316 g/mol. The Bertz CT molecular complexity index is 837. The summed E-state index contributed by atoms with van der Waals surface area (Å²) in [5.74, 6) is 0.899. The SMILES string of the molecule is COc1ccccc1C(CNC(=O)c1cc2ccccc2o1)N(C)C. The quantitative estimate of drug-likeness (QED) is 0.748. The molecule has 3 aromatic rings. The van der Waals surface area contributed by atoms with Gasteiger partial charge in [0.05, 0.1) is 13.2 Å². The van der Waals surface area contributed by atoms with Gasteiger partial charge in [-0.3, -0.25) is 4.79 Å². The van der Waals surface area contributed by atoms with Crippen LogP contribution in [0.25, 0.3) is 11.0 Å². The molecule has 5 nitrogen and oxygen atoms in total. The lowest BCUT2D eigenvalue weighted by Gasteiger charge is -2.26. The smallest absolute Gasteiger partial charge is 0.287 e. The maximum Gasteiger partial charge on any atom is 0.287 e. The van der Waals surface area contributed by atoms with Crippen LogP contribution >= 0.6 is 0 Å². The number of hydrogen-bond donors (Lipinski definition) is 1. The van der Waals surface area contributed by atoms with E-state index in [-0.39, 0.29) is 11.9 Å². The lowest BCUT2D eigenvalue weighted by molar-refractivity contribution is 0.0916. The number of likely N-dealkylation sites (N-methyl/N-ethyl adjacent to an activating group) is 1. The predicted molar refractivity (Wildman–Crippen MR) is 98.0 cm³/mol. The Balaban J connectivity index is 1.76. The van der Waals surface area contributed by atoms with Gasteiger partial charge in [0.1, 0.15) is 11.3 Å². The van der Waals surface area contributed by atoms with Gasteiger partial charge in [-0.15, -0.1) is 0 Å². The van der Waals surface area contributed by atoms with Crippen molar-refractivity contribution in [2.45, 2.75) is 6.04 Å². The highest BCUT2D eigenvalue weighted by molar-refractivity contribution is 5.96. The molecule has 1 amide bonds. The number of fused-ring (bicyclic) bond motifs is 1. The van der Waals surface area contributed by atoms with Gasteiger partial charge in [-0.2, -0.15) is 0 Å². The van der Waals surface area contributed by atoms with E-state index in [1.54, 1.807) is 13.2 Å². The van der Waals surface area contributed by atoms with E-state index in [1.165, 1.54) is 0 Å². The molecule has 0 aliphatic rings. The monoisotopic (exact) mass is 338 g/mol. The van der Waals surface area contributed by atoms with Crippen molar-refractivity contribution < 1.29 is 13.9 Å². The summed E-state index contributed by atoms with van der Waals surface area (Å²) in [6, 6.07) is 17.2. The minimum atomic E-state index is -0.224. The third kappa shape index (κ3) is 3.67. The molecule has 0 bridgehead atoms. The summed E-state index contributed by atoms with van der Waals surface area (Å²) in [6.07, 6.45) is 0. The highest BCUT2D eigenvalue weighted by Gasteiger charge is 2.20. The largest absolute Gasteiger partial charge is 0.496 e. The van der Waals surface area contributed by atoms with E-state index >= 15 is 0 Å². The molecule has 25 heavy (non-hydrogen) atoms. The predicted octanol–water partition coefficient (Wildman–Crippen LogP) is 3.47. The molecule has 0 aliphatic carbocycles. The molecule has 1 aromatic heterocycles. The number of rotatable bonds is 6. The minimum Gasteiger partial charge on any atom is -0.496 e. The average Bonchev–Trinajstić information content (AvgIpc) is 3.06. The summed E-state index contributed by atoms with van der Waals surface area (Å²) in [6.45, 7) is 0.448. The van der Waals surface area contributed by atoms with Crippen molar-refractivity contribution in [3.63, 3.8) is 0 Å². The molecule has 2 aromatic carbocycles. The van der Waals surface area contributed by atoms with Crippen LogP contribution in [0.4, 0.5) is 0 Å². The molecule has 5 heteroatoms. The molecule has 1 heterocycles. The fourth-order valence-corrected chi connectivity index (χ4v) is 2.88. The summed E-state index contributed by atoms with van der Waals surface area (Å²) in [5.41, 5.74) is 1.74. The van der Waals surface area contributed by atoms with Crippen LogP contribution in [0.1, 0.15) is 22.2 Å². The van der Waals surface area contributed by atoms with Crippen LogP contribution in [-0.2, 0) is 0 Å².